The maximum atomic E-state index is 10.8. The highest BCUT2D eigenvalue weighted by atomic mass is 79.9. The van der Waals surface area contributed by atoms with Crippen molar-refractivity contribution in [3.8, 4) is 0 Å². The molecule has 0 aliphatic carbocycles. The first kappa shape index (κ1) is 16.2. The summed E-state index contributed by atoms with van der Waals surface area (Å²) in [5.41, 5.74) is 1.03. The van der Waals surface area contributed by atoms with Crippen LogP contribution in [0.15, 0.2) is 22.7 Å². The minimum absolute atomic E-state index is 0.101. The van der Waals surface area contributed by atoms with Gasteiger partial charge in [-0.1, -0.05) is 6.92 Å². The van der Waals surface area contributed by atoms with Gasteiger partial charge in [-0.05, 0) is 73.4 Å². The SMILES string of the molecule is CCN1CCC(C(C)Nc2ccc([N+](=O)[O-])c(Br)c2)CC1. The molecule has 1 aromatic carbocycles. The van der Waals surface area contributed by atoms with Gasteiger partial charge in [-0.2, -0.15) is 0 Å². The highest BCUT2D eigenvalue weighted by Crippen LogP contribution is 2.29. The van der Waals surface area contributed by atoms with Gasteiger partial charge in [0.25, 0.3) is 5.69 Å². The van der Waals surface area contributed by atoms with E-state index < -0.39 is 0 Å². The summed E-state index contributed by atoms with van der Waals surface area (Å²) in [6.07, 6.45) is 2.41. The molecule has 0 bridgehead atoms. The number of hydrogen-bond acceptors (Lipinski definition) is 4. The zero-order valence-electron chi connectivity index (χ0n) is 12.5. The molecule has 1 aliphatic heterocycles. The molecule has 5 nitrogen and oxygen atoms in total. The maximum Gasteiger partial charge on any atom is 0.283 e. The number of benzene rings is 1. The smallest absolute Gasteiger partial charge is 0.283 e. The first-order valence-corrected chi connectivity index (χ1v) is 8.23. The van der Waals surface area contributed by atoms with Gasteiger partial charge in [0.05, 0.1) is 9.40 Å². The van der Waals surface area contributed by atoms with Gasteiger partial charge in [0.1, 0.15) is 0 Å². The number of nitro groups is 1. The van der Waals surface area contributed by atoms with Gasteiger partial charge in [0, 0.05) is 17.8 Å². The fraction of sp³-hybridized carbons (Fsp3) is 0.600. The third kappa shape index (κ3) is 4.17. The lowest BCUT2D eigenvalue weighted by Crippen LogP contribution is -2.39. The molecular weight excluding hydrogens is 334 g/mol. The van der Waals surface area contributed by atoms with Crippen LogP contribution in [-0.2, 0) is 0 Å². The van der Waals surface area contributed by atoms with E-state index in [1.54, 1.807) is 18.2 Å². The Bertz CT molecular complexity index is 502. The van der Waals surface area contributed by atoms with Crippen molar-refractivity contribution < 1.29 is 4.92 Å². The van der Waals surface area contributed by atoms with E-state index in [0.717, 1.165) is 25.3 Å². The minimum Gasteiger partial charge on any atom is -0.382 e. The predicted molar refractivity (Wildman–Crippen MR) is 88.7 cm³/mol. The molecule has 1 saturated heterocycles. The number of nitrogens with one attached hydrogen (secondary N) is 1. The second kappa shape index (κ2) is 7.22. The Kier molecular flexibility index (Phi) is 5.58. The molecule has 116 valence electrons. The normalized spacial score (nSPS) is 18.4. The van der Waals surface area contributed by atoms with E-state index in [0.29, 0.717) is 16.4 Å². The van der Waals surface area contributed by atoms with Crippen LogP contribution < -0.4 is 5.32 Å². The topological polar surface area (TPSA) is 58.4 Å². The number of halogens is 1. The predicted octanol–water partition coefficient (Wildman–Crippen LogP) is 3.89. The summed E-state index contributed by atoms with van der Waals surface area (Å²) in [7, 11) is 0. The van der Waals surface area contributed by atoms with E-state index in [1.165, 1.54) is 12.8 Å². The third-order valence-electron chi connectivity index (χ3n) is 4.33. The number of hydrogen-bond donors (Lipinski definition) is 1. The summed E-state index contributed by atoms with van der Waals surface area (Å²) in [5.74, 6) is 0.654. The second-order valence-corrected chi connectivity index (χ2v) is 6.48. The first-order chi connectivity index (χ1) is 10.0. The summed E-state index contributed by atoms with van der Waals surface area (Å²) in [5, 5.41) is 14.3. The summed E-state index contributed by atoms with van der Waals surface area (Å²) < 4.78 is 0.519. The van der Waals surface area contributed by atoms with E-state index in [2.05, 4.69) is 40.0 Å². The second-order valence-electron chi connectivity index (χ2n) is 5.63. The highest BCUT2D eigenvalue weighted by molar-refractivity contribution is 9.10. The zero-order chi connectivity index (χ0) is 15.4. The van der Waals surface area contributed by atoms with Crippen molar-refractivity contribution in [1.29, 1.82) is 0 Å². The Hall–Kier alpha value is -1.14. The average Bonchev–Trinajstić information content (AvgIpc) is 2.47. The highest BCUT2D eigenvalue weighted by Gasteiger charge is 2.23. The minimum atomic E-state index is -0.377. The van der Waals surface area contributed by atoms with Crippen LogP contribution in [0, 0.1) is 16.0 Å². The van der Waals surface area contributed by atoms with Crippen LogP contribution in [0.4, 0.5) is 11.4 Å². The lowest BCUT2D eigenvalue weighted by molar-refractivity contribution is -0.385. The van der Waals surface area contributed by atoms with Crippen LogP contribution >= 0.6 is 15.9 Å². The standard InChI is InChI=1S/C15H22BrN3O2/c1-3-18-8-6-12(7-9-18)11(2)17-13-4-5-15(19(20)21)14(16)10-13/h4-5,10-12,17H,3,6-9H2,1-2H3. The van der Waals surface area contributed by atoms with E-state index in [4.69, 9.17) is 0 Å². The van der Waals surface area contributed by atoms with E-state index in [-0.39, 0.29) is 10.6 Å². The molecule has 1 fully saturated rings. The zero-order valence-corrected chi connectivity index (χ0v) is 14.1. The molecule has 0 saturated carbocycles. The Morgan fingerprint density at radius 3 is 2.67 bits per heavy atom. The number of rotatable bonds is 5. The van der Waals surface area contributed by atoms with E-state index in [1.807, 2.05) is 0 Å². The molecule has 0 aromatic heterocycles. The quantitative estimate of drug-likeness (QED) is 0.642. The lowest BCUT2D eigenvalue weighted by atomic mass is 9.90. The van der Waals surface area contributed by atoms with Crippen LogP contribution in [-0.4, -0.2) is 35.5 Å². The van der Waals surface area contributed by atoms with Crippen molar-refractivity contribution in [2.24, 2.45) is 5.92 Å². The molecule has 1 heterocycles. The molecule has 0 amide bonds. The number of anilines is 1. The Morgan fingerprint density at radius 2 is 2.14 bits per heavy atom. The summed E-state index contributed by atoms with van der Waals surface area (Å²) in [6, 6.07) is 5.48. The van der Waals surface area contributed by atoms with Crippen molar-refractivity contribution in [1.82, 2.24) is 4.90 Å². The molecule has 1 unspecified atom stereocenters. The van der Waals surface area contributed by atoms with Gasteiger partial charge in [-0.15, -0.1) is 0 Å². The molecule has 0 spiro atoms. The van der Waals surface area contributed by atoms with Crippen molar-refractivity contribution >= 4 is 27.3 Å². The fourth-order valence-corrected chi connectivity index (χ4v) is 3.42. The van der Waals surface area contributed by atoms with Crippen LogP contribution in [0.2, 0.25) is 0 Å². The van der Waals surface area contributed by atoms with Crippen LogP contribution in [0.25, 0.3) is 0 Å². The fourth-order valence-electron chi connectivity index (χ4n) is 2.89. The lowest BCUT2D eigenvalue weighted by Gasteiger charge is -2.34. The molecule has 1 aliphatic rings. The Morgan fingerprint density at radius 1 is 1.48 bits per heavy atom. The largest absolute Gasteiger partial charge is 0.382 e. The van der Waals surface area contributed by atoms with Crippen molar-refractivity contribution in [3.63, 3.8) is 0 Å². The summed E-state index contributed by atoms with van der Waals surface area (Å²) >= 11 is 3.26. The summed E-state index contributed by atoms with van der Waals surface area (Å²) in [4.78, 5) is 12.9. The van der Waals surface area contributed by atoms with Crippen molar-refractivity contribution in [2.75, 3.05) is 25.0 Å². The Labute approximate surface area is 134 Å². The van der Waals surface area contributed by atoms with Gasteiger partial charge in [-0.25, -0.2) is 0 Å². The van der Waals surface area contributed by atoms with Crippen LogP contribution in [0.5, 0.6) is 0 Å². The molecule has 0 radical (unpaired) electrons. The van der Waals surface area contributed by atoms with Crippen LogP contribution in [0.3, 0.4) is 0 Å². The van der Waals surface area contributed by atoms with Crippen LogP contribution in [0.1, 0.15) is 26.7 Å². The summed E-state index contributed by atoms with van der Waals surface area (Å²) in [6.45, 7) is 7.86. The van der Waals surface area contributed by atoms with Gasteiger partial charge < -0.3 is 10.2 Å². The monoisotopic (exact) mass is 355 g/mol. The molecule has 1 aromatic rings. The number of nitro benzene ring substituents is 1. The van der Waals surface area contributed by atoms with E-state index in [9.17, 15) is 10.1 Å². The van der Waals surface area contributed by atoms with Gasteiger partial charge in [0.15, 0.2) is 0 Å². The molecule has 6 heteroatoms. The first-order valence-electron chi connectivity index (χ1n) is 7.44. The number of piperidine rings is 1. The van der Waals surface area contributed by atoms with E-state index >= 15 is 0 Å². The van der Waals surface area contributed by atoms with Crippen molar-refractivity contribution in [2.45, 2.75) is 32.7 Å². The van der Waals surface area contributed by atoms with Gasteiger partial charge >= 0.3 is 0 Å². The molecular formula is C15H22BrN3O2. The van der Waals surface area contributed by atoms with Crippen molar-refractivity contribution in [3.05, 3.63) is 32.8 Å². The number of nitrogens with zero attached hydrogens (tertiary/aromatic N) is 2. The molecule has 2 rings (SSSR count). The Balaban J connectivity index is 1.95. The van der Waals surface area contributed by atoms with Gasteiger partial charge in [0.2, 0.25) is 0 Å². The molecule has 21 heavy (non-hydrogen) atoms. The van der Waals surface area contributed by atoms with Gasteiger partial charge in [-0.3, -0.25) is 10.1 Å². The molecule has 1 atom stereocenters. The molecule has 1 N–H and O–H groups in total. The number of likely N-dealkylation sites (tertiary alicyclic amines) is 1. The maximum absolute atomic E-state index is 10.8. The average molecular weight is 356 g/mol. The third-order valence-corrected chi connectivity index (χ3v) is 4.96.